The van der Waals surface area contributed by atoms with Gasteiger partial charge in [0.05, 0.1) is 15.6 Å². The van der Waals surface area contributed by atoms with E-state index in [1.54, 1.807) is 30.5 Å². The van der Waals surface area contributed by atoms with Gasteiger partial charge in [0.25, 0.3) is 0 Å². The minimum Gasteiger partial charge on any atom is -0.288 e. The van der Waals surface area contributed by atoms with E-state index in [0.717, 1.165) is 6.07 Å². The maximum absolute atomic E-state index is 14.1. The highest BCUT2D eigenvalue weighted by molar-refractivity contribution is 9.10. The van der Waals surface area contributed by atoms with Crippen molar-refractivity contribution in [1.29, 1.82) is 0 Å². The predicted molar refractivity (Wildman–Crippen MR) is 79.2 cm³/mol. The third kappa shape index (κ3) is 2.34. The molecule has 2 nitrogen and oxygen atoms in total. The van der Waals surface area contributed by atoms with E-state index in [1.807, 2.05) is 0 Å². The molecule has 1 aromatic heterocycles. The summed E-state index contributed by atoms with van der Waals surface area (Å²) in [7, 11) is 0. The molecule has 0 amide bonds. The third-order valence-electron chi connectivity index (χ3n) is 3.16. The molecule has 0 aliphatic heterocycles. The number of halogens is 3. The van der Waals surface area contributed by atoms with Crippen molar-refractivity contribution < 1.29 is 13.6 Å². The second-order valence-corrected chi connectivity index (χ2v) is 5.28. The van der Waals surface area contributed by atoms with E-state index in [4.69, 9.17) is 0 Å². The Balaban J connectivity index is 2.25. The van der Waals surface area contributed by atoms with Gasteiger partial charge in [-0.3, -0.25) is 9.78 Å². The average molecular weight is 348 g/mol. The van der Waals surface area contributed by atoms with Gasteiger partial charge in [-0.25, -0.2) is 8.78 Å². The highest BCUT2D eigenvalue weighted by Crippen LogP contribution is 2.26. The van der Waals surface area contributed by atoms with Gasteiger partial charge in [0, 0.05) is 17.1 Å². The quantitative estimate of drug-likeness (QED) is 0.504. The van der Waals surface area contributed by atoms with Gasteiger partial charge < -0.3 is 0 Å². The molecule has 0 fully saturated rings. The number of rotatable bonds is 2. The highest BCUT2D eigenvalue weighted by Gasteiger charge is 2.22. The van der Waals surface area contributed by atoms with Crippen LogP contribution in [-0.4, -0.2) is 10.8 Å². The van der Waals surface area contributed by atoms with Crippen molar-refractivity contribution >= 4 is 32.6 Å². The summed E-state index contributed by atoms with van der Waals surface area (Å²) < 4.78 is 28.0. The highest BCUT2D eigenvalue weighted by atomic mass is 79.9. The van der Waals surface area contributed by atoms with Crippen LogP contribution in [0, 0.1) is 11.6 Å². The summed E-state index contributed by atoms with van der Waals surface area (Å²) in [5.41, 5.74) is 0.247. The lowest BCUT2D eigenvalue weighted by Crippen LogP contribution is -2.08. The first-order valence-electron chi connectivity index (χ1n) is 6.11. The van der Waals surface area contributed by atoms with Gasteiger partial charge in [-0.05, 0) is 40.2 Å². The van der Waals surface area contributed by atoms with Crippen LogP contribution in [0.2, 0.25) is 0 Å². The molecule has 0 saturated carbocycles. The topological polar surface area (TPSA) is 30.0 Å². The number of nitrogens with zero attached hydrogens (tertiary/aromatic N) is 1. The third-order valence-corrected chi connectivity index (χ3v) is 3.77. The van der Waals surface area contributed by atoms with E-state index in [-0.39, 0.29) is 10.0 Å². The first-order chi connectivity index (χ1) is 10.1. The smallest absolute Gasteiger partial charge is 0.199 e. The molecule has 21 heavy (non-hydrogen) atoms. The van der Waals surface area contributed by atoms with Crippen molar-refractivity contribution in [2.45, 2.75) is 0 Å². The molecule has 0 aliphatic carbocycles. The zero-order chi connectivity index (χ0) is 15.0. The minimum absolute atomic E-state index is 0.0469. The molecule has 104 valence electrons. The van der Waals surface area contributed by atoms with E-state index in [9.17, 15) is 13.6 Å². The van der Waals surface area contributed by atoms with Crippen LogP contribution < -0.4 is 0 Å². The number of pyridine rings is 1. The van der Waals surface area contributed by atoms with Crippen LogP contribution >= 0.6 is 15.9 Å². The summed E-state index contributed by atoms with van der Waals surface area (Å²) in [5, 5.41) is 0.559. The molecule has 1 heterocycles. The maximum Gasteiger partial charge on any atom is 0.199 e. The molecule has 0 radical (unpaired) electrons. The largest absolute Gasteiger partial charge is 0.288 e. The summed E-state index contributed by atoms with van der Waals surface area (Å²) in [6.07, 6.45) is 1.59. The van der Waals surface area contributed by atoms with Gasteiger partial charge in [-0.1, -0.05) is 18.2 Å². The Hall–Kier alpha value is -2.14. The standard InChI is InChI=1S/C16H8BrF2NO/c17-11-6-7-12(18)14(15(11)19)16(21)10-3-1-5-13-9(10)4-2-8-20-13/h1-8H. The van der Waals surface area contributed by atoms with Crippen molar-refractivity contribution in [3.8, 4) is 0 Å². The fourth-order valence-electron chi connectivity index (χ4n) is 2.17. The van der Waals surface area contributed by atoms with E-state index >= 15 is 0 Å². The normalized spacial score (nSPS) is 10.8. The van der Waals surface area contributed by atoms with Gasteiger partial charge in [-0.15, -0.1) is 0 Å². The summed E-state index contributed by atoms with van der Waals surface area (Å²) in [4.78, 5) is 16.7. The molecular formula is C16H8BrF2NO. The molecule has 0 atom stereocenters. The van der Waals surface area contributed by atoms with Gasteiger partial charge >= 0.3 is 0 Å². The van der Waals surface area contributed by atoms with Crippen LogP contribution in [0.5, 0.6) is 0 Å². The van der Waals surface area contributed by atoms with Crippen molar-refractivity contribution in [2.24, 2.45) is 0 Å². The maximum atomic E-state index is 14.1. The van der Waals surface area contributed by atoms with Gasteiger partial charge in [-0.2, -0.15) is 0 Å². The van der Waals surface area contributed by atoms with E-state index < -0.39 is 23.0 Å². The zero-order valence-corrected chi connectivity index (χ0v) is 12.2. The molecule has 3 aromatic rings. The number of fused-ring (bicyclic) bond motifs is 1. The fourth-order valence-corrected chi connectivity index (χ4v) is 2.50. The van der Waals surface area contributed by atoms with E-state index in [0.29, 0.717) is 10.9 Å². The molecule has 0 bridgehead atoms. The number of hydrogen-bond donors (Lipinski definition) is 0. The molecular weight excluding hydrogens is 340 g/mol. The second kappa shape index (κ2) is 5.33. The van der Waals surface area contributed by atoms with Crippen molar-refractivity contribution in [1.82, 2.24) is 4.98 Å². The first-order valence-corrected chi connectivity index (χ1v) is 6.91. The average Bonchev–Trinajstić information content (AvgIpc) is 2.50. The number of ketones is 1. The van der Waals surface area contributed by atoms with Gasteiger partial charge in [0.2, 0.25) is 0 Å². The lowest BCUT2D eigenvalue weighted by atomic mass is 9.98. The lowest BCUT2D eigenvalue weighted by molar-refractivity contribution is 0.103. The first kappa shape index (κ1) is 13.8. The number of carbonyl (C=O) groups excluding carboxylic acids is 1. The van der Waals surface area contributed by atoms with Crippen molar-refractivity contribution in [2.75, 3.05) is 0 Å². The molecule has 0 saturated heterocycles. The number of carbonyl (C=O) groups is 1. The Bertz CT molecular complexity index is 859. The van der Waals surface area contributed by atoms with Gasteiger partial charge in [0.15, 0.2) is 11.6 Å². The summed E-state index contributed by atoms with van der Waals surface area (Å²) in [5.74, 6) is -2.49. The van der Waals surface area contributed by atoms with E-state index in [1.165, 1.54) is 12.1 Å². The van der Waals surface area contributed by atoms with Crippen LogP contribution in [0.3, 0.4) is 0 Å². The SMILES string of the molecule is O=C(c1c(F)ccc(Br)c1F)c1cccc2ncccc12. The second-order valence-electron chi connectivity index (χ2n) is 4.42. The number of aromatic nitrogens is 1. The summed E-state index contributed by atoms with van der Waals surface area (Å²) in [6, 6.07) is 10.6. The number of benzene rings is 2. The van der Waals surface area contributed by atoms with Crippen LogP contribution in [0.25, 0.3) is 10.9 Å². The van der Waals surface area contributed by atoms with Crippen LogP contribution in [0.1, 0.15) is 15.9 Å². The summed E-state index contributed by atoms with van der Waals surface area (Å²) >= 11 is 2.96. The molecule has 0 N–H and O–H groups in total. The van der Waals surface area contributed by atoms with Crippen LogP contribution in [0.4, 0.5) is 8.78 Å². The minimum atomic E-state index is -0.902. The predicted octanol–water partition coefficient (Wildman–Crippen LogP) is 4.51. The molecule has 3 rings (SSSR count). The Morgan fingerprint density at radius 3 is 2.67 bits per heavy atom. The molecule has 0 aliphatic rings. The van der Waals surface area contributed by atoms with Gasteiger partial charge in [0.1, 0.15) is 5.82 Å². The molecule has 5 heteroatoms. The Morgan fingerprint density at radius 1 is 1.05 bits per heavy atom. The monoisotopic (exact) mass is 347 g/mol. The molecule has 2 aromatic carbocycles. The Kier molecular flexibility index (Phi) is 3.51. The van der Waals surface area contributed by atoms with E-state index in [2.05, 4.69) is 20.9 Å². The van der Waals surface area contributed by atoms with Crippen molar-refractivity contribution in [3.05, 3.63) is 75.9 Å². The van der Waals surface area contributed by atoms with Crippen molar-refractivity contribution in [3.63, 3.8) is 0 Å². The molecule has 0 unspecified atom stereocenters. The Labute approximate surface area is 127 Å². The zero-order valence-electron chi connectivity index (χ0n) is 10.6. The lowest BCUT2D eigenvalue weighted by Gasteiger charge is -2.08. The van der Waals surface area contributed by atoms with Crippen LogP contribution in [-0.2, 0) is 0 Å². The van der Waals surface area contributed by atoms with Crippen LogP contribution in [0.15, 0.2) is 53.1 Å². The number of hydrogen-bond acceptors (Lipinski definition) is 2. The summed E-state index contributed by atoms with van der Waals surface area (Å²) in [6.45, 7) is 0. The Morgan fingerprint density at radius 2 is 1.86 bits per heavy atom. The molecule has 0 spiro atoms. The fraction of sp³-hybridized carbons (Fsp3) is 0.